The minimum atomic E-state index is -3.27. The molecule has 1 rings (SSSR count). The molecule has 0 aromatic heterocycles. The topological polar surface area (TPSA) is 12.0 Å². The van der Waals surface area contributed by atoms with E-state index in [-0.39, 0.29) is 0 Å². The molecule has 1 aromatic rings. The van der Waals surface area contributed by atoms with Gasteiger partial charge in [-0.3, -0.25) is 0 Å². The van der Waals surface area contributed by atoms with E-state index in [0.29, 0.717) is 31.2 Å². The van der Waals surface area contributed by atoms with Crippen LogP contribution < -0.4 is 5.32 Å². The molecule has 0 radical (unpaired) electrons. The molecule has 16 heavy (non-hydrogen) atoms. The minimum absolute atomic E-state index is 0.438. The van der Waals surface area contributed by atoms with E-state index in [0.717, 1.165) is 0 Å². The highest BCUT2D eigenvalue weighted by Crippen LogP contribution is 2.28. The number of rotatable bonds is 5. The molecule has 0 aliphatic rings. The Kier molecular flexibility index (Phi) is 4.29. The Bertz CT molecular complexity index is 332. The summed E-state index contributed by atoms with van der Waals surface area (Å²) in [4.78, 5) is 0. The van der Waals surface area contributed by atoms with Crippen molar-refractivity contribution >= 4 is 0 Å². The largest absolute Gasteiger partial charge is 0.311 e. The number of benzene rings is 1. The van der Waals surface area contributed by atoms with Gasteiger partial charge in [-0.25, -0.2) is 8.78 Å². The van der Waals surface area contributed by atoms with Gasteiger partial charge in [-0.1, -0.05) is 6.92 Å². The lowest BCUT2D eigenvalue weighted by Crippen LogP contribution is -2.31. The summed E-state index contributed by atoms with van der Waals surface area (Å²) in [6.45, 7) is 1.66. The first-order valence-electron chi connectivity index (χ1n) is 5.01. The highest BCUT2D eigenvalue weighted by atomic mass is 19.3. The van der Waals surface area contributed by atoms with E-state index in [1.165, 1.54) is 0 Å². The van der Waals surface area contributed by atoms with Crippen LogP contribution in [0.25, 0.3) is 0 Å². The van der Waals surface area contributed by atoms with Gasteiger partial charge in [0.15, 0.2) is 0 Å². The van der Waals surface area contributed by atoms with Crippen LogP contribution in [0.1, 0.15) is 18.9 Å². The zero-order valence-corrected chi connectivity index (χ0v) is 8.87. The molecule has 1 nitrogen and oxygen atoms in total. The molecule has 0 fully saturated rings. The van der Waals surface area contributed by atoms with Gasteiger partial charge in [-0.2, -0.15) is 8.78 Å². The zero-order valence-electron chi connectivity index (χ0n) is 8.87. The lowest BCUT2D eigenvalue weighted by molar-refractivity contribution is -0.00350. The van der Waals surface area contributed by atoms with Gasteiger partial charge < -0.3 is 5.32 Å². The first kappa shape index (κ1) is 13.0. The highest BCUT2D eigenvalue weighted by molar-refractivity contribution is 5.22. The zero-order chi connectivity index (χ0) is 12.2. The molecule has 0 saturated carbocycles. The molecule has 0 aliphatic heterocycles. The van der Waals surface area contributed by atoms with E-state index in [1.807, 2.05) is 6.92 Å². The molecular formula is C11H13F4N. The normalized spacial score (nSPS) is 11.8. The Labute approximate surface area is 91.5 Å². The number of alkyl halides is 2. The molecule has 90 valence electrons. The first-order valence-corrected chi connectivity index (χ1v) is 5.01. The summed E-state index contributed by atoms with van der Waals surface area (Å²) >= 11 is 0. The molecule has 0 amide bonds. The third kappa shape index (κ3) is 3.48. The molecular weight excluding hydrogens is 222 g/mol. The van der Waals surface area contributed by atoms with E-state index >= 15 is 0 Å². The maximum Gasteiger partial charge on any atom is 0.285 e. The number of hydrogen-bond donors (Lipinski definition) is 1. The molecule has 5 heteroatoms. The van der Waals surface area contributed by atoms with Crippen LogP contribution in [0.4, 0.5) is 17.6 Å². The minimum Gasteiger partial charge on any atom is -0.311 e. The quantitative estimate of drug-likeness (QED) is 0.611. The predicted octanol–water partition coefficient (Wildman–Crippen LogP) is 3.06. The monoisotopic (exact) mass is 235 g/mol. The molecule has 1 aromatic carbocycles. The van der Waals surface area contributed by atoms with Crippen molar-refractivity contribution in [2.45, 2.75) is 19.3 Å². The van der Waals surface area contributed by atoms with Crippen LogP contribution in [0.3, 0.4) is 0 Å². The predicted molar refractivity (Wildman–Crippen MR) is 53.4 cm³/mol. The summed E-state index contributed by atoms with van der Waals surface area (Å²) in [6, 6.07) is 1.87. The van der Waals surface area contributed by atoms with Crippen molar-refractivity contribution in [3.05, 3.63) is 35.4 Å². The van der Waals surface area contributed by atoms with Crippen LogP contribution in [0.2, 0.25) is 0 Å². The highest BCUT2D eigenvalue weighted by Gasteiger charge is 2.31. The molecule has 0 saturated heterocycles. The summed E-state index contributed by atoms with van der Waals surface area (Å²) in [5, 5.41) is 2.52. The lowest BCUT2D eigenvalue weighted by Gasteiger charge is -2.17. The van der Waals surface area contributed by atoms with Crippen molar-refractivity contribution in [1.29, 1.82) is 0 Å². The maximum atomic E-state index is 13.4. The van der Waals surface area contributed by atoms with Crippen LogP contribution in [0.5, 0.6) is 0 Å². The molecule has 0 bridgehead atoms. The Morgan fingerprint density at radius 1 is 1.12 bits per heavy atom. The molecule has 0 atom stereocenters. The molecule has 0 heterocycles. The fraction of sp³-hybridized carbons (Fsp3) is 0.455. The average molecular weight is 235 g/mol. The third-order valence-electron chi connectivity index (χ3n) is 2.06. The molecule has 0 aliphatic carbocycles. The van der Waals surface area contributed by atoms with Gasteiger partial charge in [0.25, 0.3) is 5.92 Å². The van der Waals surface area contributed by atoms with E-state index < -0.39 is 29.7 Å². The Balaban J connectivity index is 2.80. The number of halogens is 4. The van der Waals surface area contributed by atoms with Crippen molar-refractivity contribution in [2.75, 3.05) is 13.1 Å². The standard InChI is InChI=1S/C11H13F4N/c1-2-3-16-7-11(14,15)8-4-9(12)6-10(13)5-8/h4-6,16H,2-3,7H2,1H3. The van der Waals surface area contributed by atoms with E-state index in [4.69, 9.17) is 0 Å². The van der Waals surface area contributed by atoms with E-state index in [1.54, 1.807) is 0 Å². The van der Waals surface area contributed by atoms with Crippen molar-refractivity contribution in [1.82, 2.24) is 5.32 Å². The molecule has 0 spiro atoms. The molecule has 0 unspecified atom stereocenters. The van der Waals surface area contributed by atoms with Gasteiger partial charge in [0.05, 0.1) is 6.54 Å². The first-order chi connectivity index (χ1) is 7.45. The van der Waals surface area contributed by atoms with Crippen molar-refractivity contribution in [3.8, 4) is 0 Å². The number of hydrogen-bond acceptors (Lipinski definition) is 1. The van der Waals surface area contributed by atoms with Crippen molar-refractivity contribution in [3.63, 3.8) is 0 Å². The second-order valence-corrected chi connectivity index (χ2v) is 3.54. The lowest BCUT2D eigenvalue weighted by atomic mass is 10.1. The summed E-state index contributed by atoms with van der Waals surface area (Å²) in [5.74, 6) is -5.26. The Morgan fingerprint density at radius 3 is 2.19 bits per heavy atom. The number of nitrogens with one attached hydrogen (secondary N) is 1. The van der Waals surface area contributed by atoms with Crippen molar-refractivity contribution in [2.24, 2.45) is 0 Å². The SMILES string of the molecule is CCCNCC(F)(F)c1cc(F)cc(F)c1. The van der Waals surface area contributed by atoms with Gasteiger partial charge in [0, 0.05) is 11.6 Å². The Morgan fingerprint density at radius 2 is 1.69 bits per heavy atom. The summed E-state index contributed by atoms with van der Waals surface area (Å²) in [6.07, 6.45) is 0.716. The third-order valence-corrected chi connectivity index (χ3v) is 2.06. The summed E-state index contributed by atoms with van der Waals surface area (Å²) < 4.78 is 52.4. The van der Waals surface area contributed by atoms with Crippen LogP contribution in [-0.2, 0) is 5.92 Å². The van der Waals surface area contributed by atoms with Crippen LogP contribution >= 0.6 is 0 Å². The van der Waals surface area contributed by atoms with Gasteiger partial charge >= 0.3 is 0 Å². The van der Waals surface area contributed by atoms with E-state index in [9.17, 15) is 17.6 Å². The van der Waals surface area contributed by atoms with Gasteiger partial charge in [0.2, 0.25) is 0 Å². The maximum absolute atomic E-state index is 13.4. The second-order valence-electron chi connectivity index (χ2n) is 3.54. The van der Waals surface area contributed by atoms with Gasteiger partial charge in [-0.05, 0) is 25.1 Å². The fourth-order valence-electron chi connectivity index (χ4n) is 1.29. The van der Waals surface area contributed by atoms with Crippen LogP contribution in [-0.4, -0.2) is 13.1 Å². The Hall–Kier alpha value is -1.10. The molecule has 1 N–H and O–H groups in total. The van der Waals surface area contributed by atoms with Crippen LogP contribution in [0, 0.1) is 11.6 Å². The summed E-state index contributed by atoms with van der Waals surface area (Å²) in [7, 11) is 0. The second kappa shape index (κ2) is 5.30. The van der Waals surface area contributed by atoms with E-state index in [2.05, 4.69) is 5.32 Å². The van der Waals surface area contributed by atoms with Gasteiger partial charge in [0.1, 0.15) is 11.6 Å². The average Bonchev–Trinajstić information content (AvgIpc) is 2.16. The van der Waals surface area contributed by atoms with Crippen molar-refractivity contribution < 1.29 is 17.6 Å². The smallest absolute Gasteiger partial charge is 0.285 e. The van der Waals surface area contributed by atoms with Crippen LogP contribution in [0.15, 0.2) is 18.2 Å². The fourth-order valence-corrected chi connectivity index (χ4v) is 1.29. The van der Waals surface area contributed by atoms with Gasteiger partial charge in [-0.15, -0.1) is 0 Å². The summed E-state index contributed by atoms with van der Waals surface area (Å²) in [5.41, 5.74) is -0.645.